The Labute approximate surface area is 130 Å². The maximum atomic E-state index is 11.9. The quantitative estimate of drug-likeness (QED) is 0.796. The lowest BCUT2D eigenvalue weighted by Gasteiger charge is -2.14. The van der Waals surface area contributed by atoms with Gasteiger partial charge >= 0.3 is 12.0 Å². The molecule has 0 saturated carbocycles. The number of urea groups is 1. The van der Waals surface area contributed by atoms with Crippen molar-refractivity contribution < 1.29 is 14.7 Å². The normalized spacial score (nSPS) is 11.7. The summed E-state index contributed by atoms with van der Waals surface area (Å²) in [5.41, 5.74) is 1.13. The molecule has 21 heavy (non-hydrogen) atoms. The van der Waals surface area contributed by atoms with Gasteiger partial charge in [-0.2, -0.15) is 11.3 Å². The van der Waals surface area contributed by atoms with E-state index in [2.05, 4.69) is 10.6 Å². The second-order valence-corrected chi connectivity index (χ2v) is 5.59. The van der Waals surface area contributed by atoms with E-state index in [9.17, 15) is 9.59 Å². The summed E-state index contributed by atoms with van der Waals surface area (Å²) in [5.74, 6) is -1.13. The minimum Gasteiger partial charge on any atom is -0.478 e. The van der Waals surface area contributed by atoms with Crippen molar-refractivity contribution in [2.75, 3.05) is 5.32 Å². The lowest BCUT2D eigenvalue weighted by molar-refractivity contribution is 0.0698. The third-order valence-electron chi connectivity index (χ3n) is 2.85. The molecule has 0 saturated heterocycles. The molecule has 1 aromatic heterocycles. The molecule has 1 aromatic carbocycles. The number of nitrogens with one attached hydrogen (secondary N) is 2. The highest BCUT2D eigenvalue weighted by molar-refractivity contribution is 7.07. The van der Waals surface area contributed by atoms with E-state index in [-0.39, 0.29) is 17.3 Å². The van der Waals surface area contributed by atoms with Crippen LogP contribution in [0.1, 0.15) is 28.9 Å². The van der Waals surface area contributed by atoms with Crippen LogP contribution in [0.3, 0.4) is 0 Å². The number of anilines is 1. The molecule has 2 rings (SSSR count). The Balaban J connectivity index is 2.09. The van der Waals surface area contributed by atoms with Gasteiger partial charge in [-0.05, 0) is 47.5 Å². The van der Waals surface area contributed by atoms with E-state index >= 15 is 0 Å². The number of carbonyl (C=O) groups excluding carboxylic acids is 1. The Hall–Kier alpha value is -2.05. The molecule has 0 bridgehead atoms. The monoisotopic (exact) mass is 324 g/mol. The van der Waals surface area contributed by atoms with Gasteiger partial charge in [-0.25, -0.2) is 9.59 Å². The molecule has 0 radical (unpaired) electrons. The molecule has 0 aliphatic rings. The van der Waals surface area contributed by atoms with Crippen LogP contribution in [0.4, 0.5) is 10.5 Å². The second kappa shape index (κ2) is 6.60. The number of benzene rings is 1. The van der Waals surface area contributed by atoms with E-state index in [0.29, 0.717) is 5.02 Å². The van der Waals surface area contributed by atoms with Crippen LogP contribution in [-0.2, 0) is 0 Å². The van der Waals surface area contributed by atoms with Crippen molar-refractivity contribution in [3.8, 4) is 0 Å². The highest BCUT2D eigenvalue weighted by Gasteiger charge is 2.15. The first kappa shape index (κ1) is 15.3. The van der Waals surface area contributed by atoms with Crippen LogP contribution in [0, 0.1) is 0 Å². The molecule has 2 aromatic rings. The molecule has 0 aliphatic heterocycles. The predicted molar refractivity (Wildman–Crippen MR) is 83.3 cm³/mol. The number of thiophene rings is 1. The standard InChI is InChI=1S/C14H13ClN2O3S/c1-8(9-4-5-21-7-9)16-14(20)17-12-6-10(15)2-3-11(12)13(18)19/h2-8H,1H3,(H,18,19)(H2,16,17,20). The van der Waals surface area contributed by atoms with Crippen molar-refractivity contribution in [1.82, 2.24) is 5.32 Å². The fourth-order valence-corrected chi connectivity index (χ4v) is 2.69. The largest absolute Gasteiger partial charge is 0.478 e. The number of carboxylic acids is 1. The van der Waals surface area contributed by atoms with E-state index in [0.717, 1.165) is 5.56 Å². The smallest absolute Gasteiger partial charge is 0.337 e. The van der Waals surface area contributed by atoms with E-state index in [1.54, 1.807) is 11.3 Å². The molecule has 1 unspecified atom stereocenters. The van der Waals surface area contributed by atoms with Gasteiger partial charge in [-0.3, -0.25) is 0 Å². The maximum Gasteiger partial charge on any atom is 0.337 e. The number of aromatic carboxylic acids is 1. The fraction of sp³-hybridized carbons (Fsp3) is 0.143. The van der Waals surface area contributed by atoms with Crippen LogP contribution < -0.4 is 10.6 Å². The van der Waals surface area contributed by atoms with Crippen molar-refractivity contribution in [3.63, 3.8) is 0 Å². The summed E-state index contributed by atoms with van der Waals surface area (Å²) in [7, 11) is 0. The molecule has 5 nitrogen and oxygen atoms in total. The molecule has 1 heterocycles. The number of carboxylic acid groups (broad SMARTS) is 1. The SMILES string of the molecule is CC(NC(=O)Nc1cc(Cl)ccc1C(=O)O)c1ccsc1. The lowest BCUT2D eigenvalue weighted by Crippen LogP contribution is -2.31. The van der Waals surface area contributed by atoms with Gasteiger partial charge in [0.25, 0.3) is 0 Å². The van der Waals surface area contributed by atoms with Crippen molar-refractivity contribution in [1.29, 1.82) is 0 Å². The molecule has 1 atom stereocenters. The van der Waals surface area contributed by atoms with E-state index in [1.165, 1.54) is 18.2 Å². The van der Waals surface area contributed by atoms with Gasteiger partial charge in [0.1, 0.15) is 0 Å². The number of carbonyl (C=O) groups is 2. The average Bonchev–Trinajstić information content (AvgIpc) is 2.91. The topological polar surface area (TPSA) is 78.4 Å². The van der Waals surface area contributed by atoms with E-state index in [1.807, 2.05) is 23.8 Å². The summed E-state index contributed by atoms with van der Waals surface area (Å²) in [4.78, 5) is 23.1. The first-order chi connectivity index (χ1) is 9.97. The van der Waals surface area contributed by atoms with E-state index in [4.69, 9.17) is 16.7 Å². The van der Waals surface area contributed by atoms with E-state index < -0.39 is 12.0 Å². The Kier molecular flexibility index (Phi) is 4.82. The van der Waals surface area contributed by atoms with Crippen LogP contribution in [0.2, 0.25) is 5.02 Å². The van der Waals surface area contributed by atoms with Gasteiger partial charge in [0, 0.05) is 5.02 Å². The molecule has 0 aliphatic carbocycles. The van der Waals surface area contributed by atoms with Crippen LogP contribution >= 0.6 is 22.9 Å². The Morgan fingerprint density at radius 2 is 2.10 bits per heavy atom. The first-order valence-electron chi connectivity index (χ1n) is 6.10. The molecular weight excluding hydrogens is 312 g/mol. The molecule has 2 amide bonds. The van der Waals surface area contributed by atoms with Crippen LogP contribution in [0.25, 0.3) is 0 Å². The Morgan fingerprint density at radius 3 is 2.71 bits per heavy atom. The number of amides is 2. The minimum absolute atomic E-state index is 0.0160. The number of hydrogen-bond donors (Lipinski definition) is 3. The van der Waals surface area contributed by atoms with Crippen molar-refractivity contribution in [3.05, 3.63) is 51.2 Å². The zero-order valence-corrected chi connectivity index (χ0v) is 12.7. The van der Waals surface area contributed by atoms with Gasteiger partial charge in [0.05, 0.1) is 17.3 Å². The predicted octanol–water partition coefficient (Wildman–Crippen LogP) is 3.98. The fourth-order valence-electron chi connectivity index (χ4n) is 1.77. The van der Waals surface area contributed by atoms with Gasteiger partial charge in [-0.15, -0.1) is 0 Å². The summed E-state index contributed by atoms with van der Waals surface area (Å²) in [6, 6.07) is 5.46. The highest BCUT2D eigenvalue weighted by atomic mass is 35.5. The van der Waals surface area contributed by atoms with Gasteiger partial charge in [0.15, 0.2) is 0 Å². The number of hydrogen-bond acceptors (Lipinski definition) is 3. The van der Waals surface area contributed by atoms with Crippen molar-refractivity contribution >= 4 is 40.6 Å². The number of rotatable bonds is 4. The summed E-state index contributed by atoms with van der Waals surface area (Å²) < 4.78 is 0. The Bertz CT molecular complexity index is 658. The molecular formula is C14H13ClN2O3S. The van der Waals surface area contributed by atoms with Crippen molar-refractivity contribution in [2.45, 2.75) is 13.0 Å². The summed E-state index contributed by atoms with van der Waals surface area (Å²) in [6.07, 6.45) is 0. The van der Waals surface area contributed by atoms with Crippen LogP contribution in [0.15, 0.2) is 35.0 Å². The van der Waals surface area contributed by atoms with Crippen LogP contribution in [-0.4, -0.2) is 17.1 Å². The molecule has 7 heteroatoms. The summed E-state index contributed by atoms with van der Waals surface area (Å²) in [6.45, 7) is 1.84. The zero-order valence-electron chi connectivity index (χ0n) is 11.1. The highest BCUT2D eigenvalue weighted by Crippen LogP contribution is 2.22. The first-order valence-corrected chi connectivity index (χ1v) is 7.42. The Morgan fingerprint density at radius 1 is 1.33 bits per heavy atom. The molecule has 0 spiro atoms. The van der Waals surface area contributed by atoms with Gasteiger partial charge < -0.3 is 15.7 Å². The van der Waals surface area contributed by atoms with Crippen LogP contribution in [0.5, 0.6) is 0 Å². The molecule has 110 valence electrons. The number of halogens is 1. The zero-order chi connectivity index (χ0) is 15.4. The minimum atomic E-state index is -1.13. The second-order valence-electron chi connectivity index (χ2n) is 4.37. The average molecular weight is 325 g/mol. The van der Waals surface area contributed by atoms with Gasteiger partial charge in [0.2, 0.25) is 0 Å². The summed E-state index contributed by atoms with van der Waals surface area (Å²) in [5, 5.41) is 18.5. The maximum absolute atomic E-state index is 11.9. The summed E-state index contributed by atoms with van der Waals surface area (Å²) >= 11 is 7.37. The van der Waals surface area contributed by atoms with Gasteiger partial charge in [-0.1, -0.05) is 11.6 Å². The third-order valence-corrected chi connectivity index (χ3v) is 3.79. The van der Waals surface area contributed by atoms with Crippen molar-refractivity contribution in [2.24, 2.45) is 0 Å². The lowest BCUT2D eigenvalue weighted by atomic mass is 10.1. The third kappa shape index (κ3) is 3.96. The molecule has 0 fully saturated rings. The molecule has 3 N–H and O–H groups in total.